The Labute approximate surface area is 144 Å². The molecule has 20 heavy (non-hydrogen) atoms. The van der Waals surface area contributed by atoms with Gasteiger partial charge in [0.1, 0.15) is 9.96 Å². The van der Waals surface area contributed by atoms with E-state index in [1.807, 2.05) is 38.1 Å². The van der Waals surface area contributed by atoms with Gasteiger partial charge in [-0.1, -0.05) is 0 Å². The summed E-state index contributed by atoms with van der Waals surface area (Å²) in [5.41, 5.74) is 0.885. The molecule has 1 N–H and O–H groups in total. The van der Waals surface area contributed by atoms with E-state index in [-0.39, 0.29) is 39.9 Å². The van der Waals surface area contributed by atoms with E-state index < -0.39 is 10.1 Å². The molecule has 0 fully saturated rings. The molecule has 0 saturated heterocycles. The van der Waals surface area contributed by atoms with Crippen LogP contribution in [0.15, 0.2) is 40.6 Å². The summed E-state index contributed by atoms with van der Waals surface area (Å²) in [6.45, 7) is 3.90. The first-order chi connectivity index (χ1) is 8.86. The average Bonchev–Trinajstić information content (AvgIpc) is 2.78. The zero-order chi connectivity index (χ0) is 14.0. The van der Waals surface area contributed by atoms with Crippen molar-refractivity contribution in [1.82, 2.24) is 0 Å². The van der Waals surface area contributed by atoms with Gasteiger partial charge in [-0.25, -0.2) is 0 Å². The second kappa shape index (κ2) is 7.06. The second-order valence-corrected chi connectivity index (χ2v) is 7.02. The van der Waals surface area contributed by atoms with Crippen molar-refractivity contribution in [3.63, 3.8) is 0 Å². The molecule has 2 aromatic rings. The maximum atomic E-state index is 11.0. The van der Waals surface area contributed by atoms with Gasteiger partial charge in [-0.05, 0) is 55.8 Å². The Morgan fingerprint density at radius 3 is 2.15 bits per heavy atom. The monoisotopic (exact) mass is 322 g/mol. The molecule has 0 atom stereocenters. The van der Waals surface area contributed by atoms with E-state index in [0.29, 0.717) is 0 Å². The van der Waals surface area contributed by atoms with E-state index >= 15 is 0 Å². The molecule has 0 bridgehead atoms. The minimum atomic E-state index is -4.12. The Morgan fingerprint density at radius 2 is 1.70 bits per heavy atom. The third-order valence-electron chi connectivity index (χ3n) is 2.35. The number of benzene rings is 1. The van der Waals surface area contributed by atoms with Crippen molar-refractivity contribution in [3.05, 3.63) is 36.4 Å². The molecule has 7 heteroatoms. The topological polar surface area (TPSA) is 63.6 Å². The van der Waals surface area contributed by atoms with Gasteiger partial charge in [0.05, 0.1) is 6.10 Å². The molecule has 0 aliphatic heterocycles. The van der Waals surface area contributed by atoms with E-state index in [9.17, 15) is 8.42 Å². The van der Waals surface area contributed by atoms with Gasteiger partial charge >= 0.3 is 39.7 Å². The molecule has 1 aromatic carbocycles. The Bertz CT molecular complexity index is 660. The zero-order valence-corrected chi connectivity index (χ0v) is 12.2. The fourth-order valence-corrected chi connectivity index (χ4v) is 3.26. The number of thiophene rings is 1. The fourth-order valence-electron chi connectivity index (χ4n) is 1.58. The third-order valence-corrected chi connectivity index (χ3v) is 4.80. The molecular formula is C13H15NaO4S2. The molecule has 2 rings (SSSR count). The Balaban J connectivity index is 0.00000200. The first kappa shape index (κ1) is 17.7. The number of hydrogen-bond donors (Lipinski definition) is 1. The zero-order valence-electron chi connectivity index (χ0n) is 10.5. The summed E-state index contributed by atoms with van der Waals surface area (Å²) >= 11 is 1.03. The van der Waals surface area contributed by atoms with Crippen LogP contribution in [0.3, 0.4) is 0 Å². The SMILES string of the molecule is CC(C)Oc1ccc(-c2ccc(S(=O)(=O)O)s2)cc1.[NaH]. The Morgan fingerprint density at radius 1 is 1.10 bits per heavy atom. The van der Waals surface area contributed by atoms with Crippen molar-refractivity contribution in [3.8, 4) is 16.2 Å². The van der Waals surface area contributed by atoms with E-state index in [1.165, 1.54) is 6.07 Å². The van der Waals surface area contributed by atoms with Crippen LogP contribution in [0, 0.1) is 0 Å². The summed E-state index contributed by atoms with van der Waals surface area (Å²) in [6, 6.07) is 10.5. The molecule has 0 radical (unpaired) electrons. The molecule has 1 heterocycles. The van der Waals surface area contributed by atoms with Gasteiger partial charge in [0.25, 0.3) is 0 Å². The van der Waals surface area contributed by atoms with E-state index in [2.05, 4.69) is 0 Å². The van der Waals surface area contributed by atoms with Gasteiger partial charge < -0.3 is 4.74 Å². The van der Waals surface area contributed by atoms with Crippen LogP contribution in [0.2, 0.25) is 0 Å². The maximum absolute atomic E-state index is 11.0. The first-order valence-electron chi connectivity index (χ1n) is 5.70. The predicted molar refractivity (Wildman–Crippen MR) is 82.5 cm³/mol. The molecule has 1 aromatic heterocycles. The number of ether oxygens (including phenoxy) is 1. The van der Waals surface area contributed by atoms with Crippen LogP contribution in [0.4, 0.5) is 0 Å². The van der Waals surface area contributed by atoms with Crippen LogP contribution < -0.4 is 4.74 Å². The van der Waals surface area contributed by atoms with Crippen molar-refractivity contribution >= 4 is 51.0 Å². The van der Waals surface area contributed by atoms with Crippen LogP contribution in [0.1, 0.15) is 13.8 Å². The molecule has 0 amide bonds. The van der Waals surface area contributed by atoms with Gasteiger partial charge in [0.15, 0.2) is 0 Å². The number of rotatable bonds is 4. The van der Waals surface area contributed by atoms with Gasteiger partial charge in [-0.3, -0.25) is 4.55 Å². The fraction of sp³-hybridized carbons (Fsp3) is 0.231. The van der Waals surface area contributed by atoms with Crippen LogP contribution in [0.25, 0.3) is 10.4 Å². The molecule has 0 saturated carbocycles. The Hall–Kier alpha value is -0.370. The summed E-state index contributed by atoms with van der Waals surface area (Å²) in [6.07, 6.45) is 0.110. The van der Waals surface area contributed by atoms with Crippen molar-refractivity contribution in [1.29, 1.82) is 0 Å². The van der Waals surface area contributed by atoms with Gasteiger partial charge in [0, 0.05) is 4.88 Å². The summed E-state index contributed by atoms with van der Waals surface area (Å²) < 4.78 is 36.4. The molecule has 0 aliphatic carbocycles. The number of hydrogen-bond acceptors (Lipinski definition) is 4. The molecule has 0 spiro atoms. The molecule has 104 valence electrons. The van der Waals surface area contributed by atoms with Crippen LogP contribution >= 0.6 is 11.3 Å². The van der Waals surface area contributed by atoms with Crippen molar-refractivity contribution < 1.29 is 17.7 Å². The second-order valence-electron chi connectivity index (χ2n) is 4.28. The molecule has 4 nitrogen and oxygen atoms in total. The Kier molecular flexibility index (Phi) is 6.25. The van der Waals surface area contributed by atoms with Gasteiger partial charge in [-0.15, -0.1) is 11.3 Å². The van der Waals surface area contributed by atoms with Crippen LogP contribution in [0.5, 0.6) is 5.75 Å². The third kappa shape index (κ3) is 4.58. The van der Waals surface area contributed by atoms with E-state index in [0.717, 1.165) is 27.5 Å². The summed E-state index contributed by atoms with van der Waals surface area (Å²) in [5.74, 6) is 0.769. The minimum absolute atomic E-state index is 0. The average molecular weight is 322 g/mol. The van der Waals surface area contributed by atoms with E-state index in [4.69, 9.17) is 9.29 Å². The molecule has 0 aliphatic rings. The van der Waals surface area contributed by atoms with E-state index in [1.54, 1.807) is 6.07 Å². The van der Waals surface area contributed by atoms with Crippen molar-refractivity contribution in [2.45, 2.75) is 24.2 Å². The van der Waals surface area contributed by atoms with Crippen molar-refractivity contribution in [2.75, 3.05) is 0 Å². The van der Waals surface area contributed by atoms with Gasteiger partial charge in [0.2, 0.25) is 0 Å². The normalized spacial score (nSPS) is 11.2. The standard InChI is InChI=1S/C13H14O4S2.Na.H/c1-9(2)17-11-5-3-10(4-6-11)12-7-8-13(18-12)19(14,15)16;;/h3-9H,1-2H3,(H,14,15,16);;. The summed E-state index contributed by atoms with van der Waals surface area (Å²) in [5, 5.41) is 0. The molecule has 0 unspecified atom stereocenters. The van der Waals surface area contributed by atoms with Crippen LogP contribution in [-0.2, 0) is 10.1 Å². The quantitative estimate of drug-likeness (QED) is 0.694. The van der Waals surface area contributed by atoms with Crippen LogP contribution in [-0.4, -0.2) is 48.6 Å². The summed E-state index contributed by atoms with van der Waals surface area (Å²) in [7, 11) is -4.12. The molecular weight excluding hydrogens is 307 g/mol. The predicted octanol–water partition coefficient (Wildman–Crippen LogP) is 2.80. The first-order valence-corrected chi connectivity index (χ1v) is 7.96. The van der Waals surface area contributed by atoms with Crippen molar-refractivity contribution in [2.24, 2.45) is 0 Å². The summed E-state index contributed by atoms with van der Waals surface area (Å²) in [4.78, 5) is 0.781. The van der Waals surface area contributed by atoms with Gasteiger partial charge in [-0.2, -0.15) is 8.42 Å².